The van der Waals surface area contributed by atoms with Gasteiger partial charge in [0.15, 0.2) is 17.5 Å². The normalized spacial score (nSPS) is 10.5. The average Bonchev–Trinajstić information content (AvgIpc) is 2.69. The SMILES string of the molecule is CCOC(=O)c1ccc(Cl)c(-c2cnc(NC(=O)c3c(F)cncc3F)cn2)c1. The van der Waals surface area contributed by atoms with Crippen molar-refractivity contribution in [3.63, 3.8) is 0 Å². The van der Waals surface area contributed by atoms with E-state index >= 15 is 0 Å². The lowest BCUT2D eigenvalue weighted by Gasteiger charge is -2.09. The van der Waals surface area contributed by atoms with Crippen LogP contribution in [0.25, 0.3) is 11.3 Å². The summed E-state index contributed by atoms with van der Waals surface area (Å²) in [6, 6.07) is 4.55. The number of halogens is 3. The molecule has 0 atom stereocenters. The number of aromatic nitrogens is 3. The summed E-state index contributed by atoms with van der Waals surface area (Å²) in [5.74, 6) is -3.79. The van der Waals surface area contributed by atoms with Gasteiger partial charge in [-0.2, -0.15) is 0 Å². The standard InChI is InChI=1S/C19H13ClF2N4O3/c1-2-29-19(28)10-3-4-12(20)11(5-10)15-8-25-16(9-24-15)26-18(27)17-13(21)6-23-7-14(17)22/h3-9H,2H2,1H3,(H,25,26,27). The summed E-state index contributed by atoms with van der Waals surface area (Å²) in [5.41, 5.74) is 0.249. The van der Waals surface area contributed by atoms with Gasteiger partial charge in [-0.05, 0) is 25.1 Å². The molecule has 0 unspecified atom stereocenters. The maximum Gasteiger partial charge on any atom is 0.338 e. The first-order valence-corrected chi connectivity index (χ1v) is 8.68. The molecule has 0 fully saturated rings. The fourth-order valence-corrected chi connectivity index (χ4v) is 2.62. The number of carbonyl (C=O) groups is 2. The smallest absolute Gasteiger partial charge is 0.338 e. The summed E-state index contributed by atoms with van der Waals surface area (Å²) in [6.07, 6.45) is 3.94. The highest BCUT2D eigenvalue weighted by Gasteiger charge is 2.19. The molecule has 10 heteroatoms. The van der Waals surface area contributed by atoms with E-state index in [1.807, 2.05) is 0 Å². The number of nitrogens with one attached hydrogen (secondary N) is 1. The topological polar surface area (TPSA) is 94.1 Å². The highest BCUT2D eigenvalue weighted by molar-refractivity contribution is 6.33. The number of ether oxygens (including phenoxy) is 1. The number of esters is 1. The Kier molecular flexibility index (Phi) is 6.08. The van der Waals surface area contributed by atoms with Crippen LogP contribution in [0.15, 0.2) is 43.0 Å². The van der Waals surface area contributed by atoms with Crippen molar-refractivity contribution in [2.24, 2.45) is 0 Å². The van der Waals surface area contributed by atoms with Crippen LogP contribution in [0.5, 0.6) is 0 Å². The van der Waals surface area contributed by atoms with Gasteiger partial charge in [0.25, 0.3) is 5.91 Å². The second-order valence-electron chi connectivity index (χ2n) is 5.63. The fourth-order valence-electron chi connectivity index (χ4n) is 2.40. The molecule has 1 amide bonds. The summed E-state index contributed by atoms with van der Waals surface area (Å²) in [6.45, 7) is 1.92. The molecule has 0 bridgehead atoms. The molecule has 0 aliphatic heterocycles. The van der Waals surface area contributed by atoms with Crippen molar-refractivity contribution in [1.82, 2.24) is 15.0 Å². The molecule has 1 aromatic carbocycles. The van der Waals surface area contributed by atoms with Gasteiger partial charge in [0, 0.05) is 5.56 Å². The molecule has 0 aliphatic carbocycles. The molecule has 3 rings (SSSR count). The minimum atomic E-state index is -1.10. The number of hydrogen-bond acceptors (Lipinski definition) is 6. The minimum Gasteiger partial charge on any atom is -0.462 e. The molecule has 0 spiro atoms. The zero-order chi connectivity index (χ0) is 21.0. The molecule has 0 saturated heterocycles. The van der Waals surface area contributed by atoms with Crippen molar-refractivity contribution >= 4 is 29.3 Å². The number of carbonyl (C=O) groups excluding carboxylic acids is 2. The van der Waals surface area contributed by atoms with Gasteiger partial charge in [-0.25, -0.2) is 18.6 Å². The van der Waals surface area contributed by atoms with Crippen molar-refractivity contribution in [3.8, 4) is 11.3 Å². The molecule has 2 aromatic heterocycles. The van der Waals surface area contributed by atoms with Crippen molar-refractivity contribution in [1.29, 1.82) is 0 Å². The first-order chi connectivity index (χ1) is 13.9. The van der Waals surface area contributed by atoms with Crippen LogP contribution >= 0.6 is 11.6 Å². The zero-order valence-corrected chi connectivity index (χ0v) is 15.7. The number of pyridine rings is 1. The summed E-state index contributed by atoms with van der Waals surface area (Å²) >= 11 is 6.17. The molecule has 29 heavy (non-hydrogen) atoms. The predicted molar refractivity (Wildman–Crippen MR) is 101 cm³/mol. The Hall–Kier alpha value is -3.46. The van der Waals surface area contributed by atoms with E-state index in [0.717, 1.165) is 12.4 Å². The van der Waals surface area contributed by atoms with Gasteiger partial charge in [0.2, 0.25) is 0 Å². The van der Waals surface area contributed by atoms with Gasteiger partial charge in [0.1, 0.15) is 5.56 Å². The minimum absolute atomic E-state index is 0.0352. The van der Waals surface area contributed by atoms with Crippen molar-refractivity contribution in [3.05, 3.63) is 70.8 Å². The maximum absolute atomic E-state index is 13.6. The van der Waals surface area contributed by atoms with Crippen molar-refractivity contribution in [2.45, 2.75) is 6.92 Å². The van der Waals surface area contributed by atoms with Crippen LogP contribution < -0.4 is 5.32 Å². The summed E-state index contributed by atoms with van der Waals surface area (Å²) < 4.78 is 32.2. The highest BCUT2D eigenvalue weighted by atomic mass is 35.5. The number of hydrogen-bond donors (Lipinski definition) is 1. The maximum atomic E-state index is 13.6. The number of rotatable bonds is 5. The van der Waals surface area contributed by atoms with Crippen molar-refractivity contribution < 1.29 is 23.1 Å². The number of anilines is 1. The van der Waals surface area contributed by atoms with E-state index in [1.165, 1.54) is 30.6 Å². The lowest BCUT2D eigenvalue weighted by molar-refractivity contribution is 0.0526. The third-order valence-corrected chi connectivity index (χ3v) is 4.06. The highest BCUT2D eigenvalue weighted by Crippen LogP contribution is 2.28. The molecule has 0 radical (unpaired) electrons. The van der Waals surface area contributed by atoms with Gasteiger partial charge in [0.05, 0.1) is 47.7 Å². The fraction of sp³-hybridized carbons (Fsp3) is 0.105. The molecular formula is C19H13ClF2N4O3. The van der Waals surface area contributed by atoms with Gasteiger partial charge >= 0.3 is 5.97 Å². The lowest BCUT2D eigenvalue weighted by atomic mass is 10.1. The summed E-state index contributed by atoms with van der Waals surface area (Å²) in [7, 11) is 0. The van der Waals surface area contributed by atoms with Gasteiger partial charge < -0.3 is 10.1 Å². The molecular weight excluding hydrogens is 406 g/mol. The van der Waals surface area contributed by atoms with Gasteiger partial charge in [-0.3, -0.25) is 14.8 Å². The van der Waals surface area contributed by atoms with E-state index < -0.39 is 29.1 Å². The predicted octanol–water partition coefficient (Wildman–Crippen LogP) is 3.90. The molecule has 7 nitrogen and oxygen atoms in total. The Morgan fingerprint density at radius 1 is 1.10 bits per heavy atom. The Bertz CT molecular complexity index is 1060. The monoisotopic (exact) mass is 418 g/mol. The van der Waals surface area contributed by atoms with Crippen LogP contribution in [0.1, 0.15) is 27.6 Å². The van der Waals surface area contributed by atoms with Crippen LogP contribution in [0, 0.1) is 11.6 Å². The molecule has 148 valence electrons. The Morgan fingerprint density at radius 3 is 2.45 bits per heavy atom. The Balaban J connectivity index is 1.83. The second kappa shape index (κ2) is 8.70. The van der Waals surface area contributed by atoms with E-state index in [0.29, 0.717) is 16.3 Å². The van der Waals surface area contributed by atoms with E-state index in [-0.39, 0.29) is 18.0 Å². The van der Waals surface area contributed by atoms with Gasteiger partial charge in [-0.15, -0.1) is 0 Å². The number of nitrogens with zero attached hydrogens (tertiary/aromatic N) is 3. The third-order valence-electron chi connectivity index (χ3n) is 3.73. The first kappa shape index (κ1) is 20.3. The molecule has 3 aromatic rings. The zero-order valence-electron chi connectivity index (χ0n) is 14.9. The number of amides is 1. The van der Waals surface area contributed by atoms with E-state index in [1.54, 1.807) is 6.92 Å². The summed E-state index contributed by atoms with van der Waals surface area (Å²) in [4.78, 5) is 35.4. The second-order valence-corrected chi connectivity index (χ2v) is 6.04. The van der Waals surface area contributed by atoms with Gasteiger partial charge in [-0.1, -0.05) is 11.6 Å². The molecule has 1 N–H and O–H groups in total. The third kappa shape index (κ3) is 4.52. The summed E-state index contributed by atoms with van der Waals surface area (Å²) in [5, 5.41) is 2.58. The first-order valence-electron chi connectivity index (χ1n) is 8.30. The Morgan fingerprint density at radius 2 is 1.83 bits per heavy atom. The number of benzene rings is 1. The average molecular weight is 419 g/mol. The quantitative estimate of drug-likeness (QED) is 0.631. The van der Waals surface area contributed by atoms with Crippen molar-refractivity contribution in [2.75, 3.05) is 11.9 Å². The van der Waals surface area contributed by atoms with Crippen LogP contribution in [0.4, 0.5) is 14.6 Å². The van der Waals surface area contributed by atoms with E-state index in [4.69, 9.17) is 16.3 Å². The molecule has 2 heterocycles. The molecule has 0 aliphatic rings. The van der Waals surface area contributed by atoms with Crippen LogP contribution in [-0.2, 0) is 4.74 Å². The lowest BCUT2D eigenvalue weighted by Crippen LogP contribution is -2.17. The van der Waals surface area contributed by atoms with Crippen LogP contribution in [0.3, 0.4) is 0 Å². The van der Waals surface area contributed by atoms with E-state index in [2.05, 4.69) is 20.3 Å². The molecule has 0 saturated carbocycles. The van der Waals surface area contributed by atoms with Crippen LogP contribution in [-0.4, -0.2) is 33.4 Å². The van der Waals surface area contributed by atoms with E-state index in [9.17, 15) is 18.4 Å². The largest absolute Gasteiger partial charge is 0.462 e. The van der Waals surface area contributed by atoms with Crippen LogP contribution in [0.2, 0.25) is 5.02 Å². The Labute approximate surface area is 168 Å².